The molecule has 0 saturated carbocycles. The number of ether oxygens (including phenoxy) is 1. The van der Waals surface area contributed by atoms with Crippen LogP contribution in [0.4, 0.5) is 4.79 Å². The number of alkyl carbamates (subject to hydrolysis) is 1. The van der Waals surface area contributed by atoms with Gasteiger partial charge in [-0.05, 0) is 6.42 Å². The summed E-state index contributed by atoms with van der Waals surface area (Å²) in [5.74, 6) is 0.693. The summed E-state index contributed by atoms with van der Waals surface area (Å²) >= 11 is 0. The Morgan fingerprint density at radius 3 is 3.13 bits per heavy atom. The molecule has 15 heavy (non-hydrogen) atoms. The maximum Gasteiger partial charge on any atom is 0.407 e. The van der Waals surface area contributed by atoms with Gasteiger partial charge in [0, 0.05) is 12.4 Å². The quantitative estimate of drug-likeness (QED) is 0.667. The molecule has 0 spiro atoms. The summed E-state index contributed by atoms with van der Waals surface area (Å²) in [6.45, 7) is 1.75. The van der Waals surface area contributed by atoms with Crippen LogP contribution < -0.4 is 5.32 Å². The van der Waals surface area contributed by atoms with Crippen LogP contribution in [0.25, 0.3) is 0 Å². The minimum Gasteiger partial charge on any atom is -0.447 e. The molecule has 1 rings (SSSR count). The van der Waals surface area contributed by atoms with Crippen molar-refractivity contribution in [1.82, 2.24) is 15.3 Å². The summed E-state index contributed by atoms with van der Waals surface area (Å²) in [5, 5.41) is 11.1. The van der Waals surface area contributed by atoms with E-state index in [1.54, 1.807) is 12.4 Å². The molecule has 1 heterocycles. The number of aliphatic hydroxyl groups is 1. The highest BCUT2D eigenvalue weighted by molar-refractivity contribution is 5.67. The summed E-state index contributed by atoms with van der Waals surface area (Å²) in [5.41, 5.74) is 0. The fourth-order valence-electron chi connectivity index (χ4n) is 1.15. The smallest absolute Gasteiger partial charge is 0.407 e. The van der Waals surface area contributed by atoms with Crippen LogP contribution >= 0.6 is 0 Å². The van der Waals surface area contributed by atoms with Crippen LogP contribution in [0.3, 0.4) is 0 Å². The highest BCUT2D eigenvalue weighted by atomic mass is 16.6. The average Bonchev–Trinajstić information content (AvgIpc) is 2.76. The summed E-state index contributed by atoms with van der Waals surface area (Å²) < 4.78 is 4.68. The van der Waals surface area contributed by atoms with Crippen LogP contribution in [0, 0.1) is 0 Å². The molecule has 0 fully saturated rings. The molecule has 6 heteroatoms. The molecule has 1 aromatic heterocycles. The monoisotopic (exact) mass is 213 g/mol. The van der Waals surface area contributed by atoms with Gasteiger partial charge in [0.1, 0.15) is 12.4 Å². The normalized spacial score (nSPS) is 12.1. The van der Waals surface area contributed by atoms with Gasteiger partial charge in [-0.2, -0.15) is 0 Å². The molecule has 84 valence electrons. The second-order valence-electron chi connectivity index (χ2n) is 2.94. The van der Waals surface area contributed by atoms with E-state index >= 15 is 0 Å². The number of aromatic nitrogens is 2. The second-order valence-corrected chi connectivity index (χ2v) is 2.94. The van der Waals surface area contributed by atoms with Crippen LogP contribution in [-0.4, -0.2) is 34.4 Å². The summed E-state index contributed by atoms with van der Waals surface area (Å²) in [6.07, 6.45) is 3.48. The van der Waals surface area contributed by atoms with E-state index in [4.69, 9.17) is 5.11 Å². The molecule has 1 aromatic rings. The molecule has 1 unspecified atom stereocenters. The van der Waals surface area contributed by atoms with Gasteiger partial charge in [-0.1, -0.05) is 6.92 Å². The van der Waals surface area contributed by atoms with E-state index in [1.165, 1.54) is 0 Å². The second kappa shape index (κ2) is 6.02. The fourth-order valence-corrected chi connectivity index (χ4v) is 1.15. The van der Waals surface area contributed by atoms with Gasteiger partial charge in [0.05, 0.1) is 12.6 Å². The van der Waals surface area contributed by atoms with Gasteiger partial charge < -0.3 is 20.1 Å². The first kappa shape index (κ1) is 11.5. The Balaban J connectivity index is 2.44. The van der Waals surface area contributed by atoms with Crippen LogP contribution in [0.15, 0.2) is 12.4 Å². The Labute approximate surface area is 87.7 Å². The van der Waals surface area contributed by atoms with Crippen LogP contribution in [-0.2, 0) is 4.74 Å². The van der Waals surface area contributed by atoms with Crippen molar-refractivity contribution in [3.05, 3.63) is 18.2 Å². The molecule has 0 aliphatic rings. The lowest BCUT2D eigenvalue weighted by atomic mass is 10.2. The number of hydrogen-bond donors (Lipinski definition) is 3. The molecule has 0 radical (unpaired) electrons. The third-order valence-electron chi connectivity index (χ3n) is 1.87. The molecule has 0 saturated heterocycles. The molecule has 0 aromatic carbocycles. The van der Waals surface area contributed by atoms with Gasteiger partial charge in [0.2, 0.25) is 0 Å². The molecule has 1 atom stereocenters. The van der Waals surface area contributed by atoms with Crippen molar-refractivity contribution >= 4 is 6.09 Å². The topological polar surface area (TPSA) is 87.2 Å². The van der Waals surface area contributed by atoms with Crippen molar-refractivity contribution in [2.75, 3.05) is 13.2 Å². The number of hydrogen-bond acceptors (Lipinski definition) is 4. The number of nitrogens with zero attached hydrogens (tertiary/aromatic N) is 1. The number of aliphatic hydroxyl groups excluding tert-OH is 1. The summed E-state index contributed by atoms with van der Waals surface area (Å²) in [7, 11) is 0. The molecule has 0 aliphatic heterocycles. The Bertz CT molecular complexity index is 287. The first-order chi connectivity index (χ1) is 7.27. The predicted molar refractivity (Wildman–Crippen MR) is 53.2 cm³/mol. The minimum absolute atomic E-state index is 0.000419. The highest BCUT2D eigenvalue weighted by Gasteiger charge is 2.14. The van der Waals surface area contributed by atoms with Gasteiger partial charge in [-0.15, -0.1) is 0 Å². The van der Waals surface area contributed by atoms with E-state index in [1.807, 2.05) is 6.92 Å². The predicted octanol–water partition coefficient (Wildman–Crippen LogP) is 0.579. The van der Waals surface area contributed by atoms with E-state index in [-0.39, 0.29) is 19.3 Å². The minimum atomic E-state index is -0.549. The zero-order valence-electron chi connectivity index (χ0n) is 8.56. The van der Waals surface area contributed by atoms with Crippen molar-refractivity contribution < 1.29 is 14.6 Å². The molecule has 0 bridgehead atoms. The van der Waals surface area contributed by atoms with Gasteiger partial charge in [0.15, 0.2) is 0 Å². The zero-order valence-corrected chi connectivity index (χ0v) is 8.56. The van der Waals surface area contributed by atoms with Gasteiger partial charge in [-0.25, -0.2) is 9.78 Å². The number of carbonyl (C=O) groups excluding carboxylic acids is 1. The van der Waals surface area contributed by atoms with E-state index in [0.29, 0.717) is 12.2 Å². The largest absolute Gasteiger partial charge is 0.447 e. The van der Waals surface area contributed by atoms with Gasteiger partial charge in [0.25, 0.3) is 0 Å². The first-order valence-electron chi connectivity index (χ1n) is 4.81. The molecule has 3 N–H and O–H groups in total. The first-order valence-corrected chi connectivity index (χ1v) is 4.81. The van der Waals surface area contributed by atoms with Crippen molar-refractivity contribution in [2.24, 2.45) is 0 Å². The average molecular weight is 213 g/mol. The lowest BCUT2D eigenvalue weighted by molar-refractivity contribution is 0.115. The number of imidazole rings is 1. The van der Waals surface area contributed by atoms with E-state index in [0.717, 1.165) is 0 Å². The van der Waals surface area contributed by atoms with Crippen molar-refractivity contribution in [1.29, 1.82) is 0 Å². The lowest BCUT2D eigenvalue weighted by Crippen LogP contribution is -2.30. The molecular formula is C9H15N3O3. The Morgan fingerprint density at radius 2 is 2.60 bits per heavy atom. The van der Waals surface area contributed by atoms with Crippen LogP contribution in [0.5, 0.6) is 0 Å². The number of H-pyrrole nitrogens is 1. The third kappa shape index (κ3) is 3.59. The van der Waals surface area contributed by atoms with Gasteiger partial charge in [-0.3, -0.25) is 0 Å². The summed E-state index contributed by atoms with van der Waals surface area (Å²) in [4.78, 5) is 18.1. The fraction of sp³-hybridized carbons (Fsp3) is 0.556. The number of amides is 1. The maximum atomic E-state index is 11.2. The van der Waals surface area contributed by atoms with E-state index in [2.05, 4.69) is 20.0 Å². The lowest BCUT2D eigenvalue weighted by Gasteiger charge is -2.14. The van der Waals surface area contributed by atoms with Crippen molar-refractivity contribution in [3.63, 3.8) is 0 Å². The Hall–Kier alpha value is -1.56. The number of rotatable bonds is 5. The SMILES string of the molecule is CCC(NC(=O)OCCO)c1ncc[nH]1. The maximum absolute atomic E-state index is 11.2. The van der Waals surface area contributed by atoms with E-state index < -0.39 is 6.09 Å². The Morgan fingerprint density at radius 1 is 1.80 bits per heavy atom. The number of aromatic amines is 1. The highest BCUT2D eigenvalue weighted by Crippen LogP contribution is 2.10. The van der Waals surface area contributed by atoms with Crippen molar-refractivity contribution in [3.8, 4) is 0 Å². The standard InChI is InChI=1S/C9H15N3O3/c1-2-7(8-10-3-4-11-8)12-9(14)15-6-5-13/h3-4,7,13H,2,5-6H2,1H3,(H,10,11)(H,12,14). The van der Waals surface area contributed by atoms with Crippen LogP contribution in [0.2, 0.25) is 0 Å². The number of nitrogens with one attached hydrogen (secondary N) is 2. The van der Waals surface area contributed by atoms with Crippen LogP contribution in [0.1, 0.15) is 25.2 Å². The third-order valence-corrected chi connectivity index (χ3v) is 1.87. The van der Waals surface area contributed by atoms with Gasteiger partial charge >= 0.3 is 6.09 Å². The van der Waals surface area contributed by atoms with E-state index in [9.17, 15) is 4.79 Å². The molecule has 1 amide bonds. The Kier molecular flexibility index (Phi) is 4.62. The molecular weight excluding hydrogens is 198 g/mol. The molecule has 0 aliphatic carbocycles. The van der Waals surface area contributed by atoms with Crippen molar-refractivity contribution in [2.45, 2.75) is 19.4 Å². The summed E-state index contributed by atoms with van der Waals surface area (Å²) in [6, 6.07) is -0.189. The molecule has 6 nitrogen and oxygen atoms in total. The number of carbonyl (C=O) groups is 1. The zero-order chi connectivity index (χ0) is 11.1.